The number of nitrogen functional groups attached to an aromatic ring is 2. The Balaban J connectivity index is 1.92. The predicted molar refractivity (Wildman–Crippen MR) is 123 cm³/mol. The normalized spacial score (nSPS) is 12.3. The number of para-hydroxylation sites is 2. The van der Waals surface area contributed by atoms with Gasteiger partial charge in [0.05, 0.1) is 33.4 Å². The molecule has 0 bridgehead atoms. The SMILES string of the molecule is Nc1cccc2c1nc1c3nc4c(N)cccc4c4ccnc(c5nccc2c51)c43. The Morgan fingerprint density at radius 1 is 0.467 bits per heavy atom. The first-order chi connectivity index (χ1) is 14.7. The zero-order valence-corrected chi connectivity index (χ0v) is 15.7. The van der Waals surface area contributed by atoms with Crippen molar-refractivity contribution in [3.05, 3.63) is 60.9 Å². The number of nitrogens with two attached hydrogens (primary N) is 2. The lowest BCUT2D eigenvalue weighted by atomic mass is 9.96. The van der Waals surface area contributed by atoms with Crippen LogP contribution in [0.1, 0.15) is 0 Å². The number of hydrogen-bond acceptors (Lipinski definition) is 6. The summed E-state index contributed by atoms with van der Waals surface area (Å²) in [7, 11) is 0. The van der Waals surface area contributed by atoms with Crippen LogP contribution in [-0.2, 0) is 0 Å². The number of hydrogen-bond donors (Lipinski definition) is 2. The van der Waals surface area contributed by atoms with Crippen LogP contribution in [-0.4, -0.2) is 19.9 Å². The topological polar surface area (TPSA) is 104 Å². The molecule has 4 N–H and O–H groups in total. The first-order valence-electron chi connectivity index (χ1n) is 9.67. The minimum atomic E-state index is 0.637. The maximum absolute atomic E-state index is 6.30. The van der Waals surface area contributed by atoms with Gasteiger partial charge in [-0.1, -0.05) is 24.3 Å². The summed E-state index contributed by atoms with van der Waals surface area (Å²) in [6, 6.07) is 15.7. The molecule has 6 heteroatoms. The summed E-state index contributed by atoms with van der Waals surface area (Å²) in [4.78, 5) is 19.4. The summed E-state index contributed by atoms with van der Waals surface area (Å²) in [6.07, 6.45) is 3.64. The van der Waals surface area contributed by atoms with E-state index >= 15 is 0 Å². The van der Waals surface area contributed by atoms with E-state index in [9.17, 15) is 0 Å². The smallest absolute Gasteiger partial charge is 0.100 e. The van der Waals surface area contributed by atoms with Crippen LogP contribution in [0.2, 0.25) is 0 Å². The van der Waals surface area contributed by atoms with Gasteiger partial charge in [0.25, 0.3) is 0 Å². The molecule has 7 rings (SSSR count). The second kappa shape index (κ2) is 5.18. The molecule has 0 atom stereocenters. The first-order valence-corrected chi connectivity index (χ1v) is 9.67. The standard InChI is InChI=1S/C24H14N6/c25-15-5-1-3-13-11-7-9-27-21-17(11)23(29-19(13)15)24-18-12(8-10-28-22(18)21)14-4-2-6-16(26)20(14)30-24/h1-10H,25-26H2. The lowest BCUT2D eigenvalue weighted by Crippen LogP contribution is -1.99. The van der Waals surface area contributed by atoms with Crippen molar-refractivity contribution in [3.63, 3.8) is 0 Å². The third-order valence-electron chi connectivity index (χ3n) is 5.99. The van der Waals surface area contributed by atoms with Crippen molar-refractivity contribution in [1.29, 1.82) is 0 Å². The van der Waals surface area contributed by atoms with Gasteiger partial charge in [0.1, 0.15) is 11.0 Å². The minimum absolute atomic E-state index is 0.637. The van der Waals surface area contributed by atoms with Crippen molar-refractivity contribution in [2.24, 2.45) is 0 Å². The molecule has 0 fully saturated rings. The Morgan fingerprint density at radius 3 is 1.40 bits per heavy atom. The van der Waals surface area contributed by atoms with Gasteiger partial charge in [-0.15, -0.1) is 0 Å². The Labute approximate surface area is 169 Å². The minimum Gasteiger partial charge on any atom is -0.397 e. The van der Waals surface area contributed by atoms with Crippen molar-refractivity contribution in [3.8, 4) is 0 Å². The number of anilines is 2. The summed E-state index contributed by atoms with van der Waals surface area (Å²) in [6.45, 7) is 0. The van der Waals surface area contributed by atoms with Gasteiger partial charge in [0, 0.05) is 33.9 Å². The van der Waals surface area contributed by atoms with Gasteiger partial charge in [-0.2, -0.15) is 0 Å². The molecule has 0 aliphatic carbocycles. The molecule has 0 saturated carbocycles. The average molecular weight is 386 g/mol. The van der Waals surface area contributed by atoms with Crippen LogP contribution in [0.4, 0.5) is 11.4 Å². The van der Waals surface area contributed by atoms with E-state index in [1.807, 2.05) is 60.9 Å². The number of pyridine rings is 4. The van der Waals surface area contributed by atoms with Gasteiger partial charge in [-0.05, 0) is 35.0 Å². The number of benzene rings is 3. The number of nitrogens with zero attached hydrogens (tertiary/aromatic N) is 4. The summed E-state index contributed by atoms with van der Waals surface area (Å²) in [5.74, 6) is 0. The predicted octanol–water partition coefficient (Wildman–Crippen LogP) is 4.79. The second-order valence-electron chi connectivity index (χ2n) is 7.57. The lowest BCUT2D eigenvalue weighted by Gasteiger charge is -2.15. The van der Waals surface area contributed by atoms with E-state index in [2.05, 4.69) is 0 Å². The van der Waals surface area contributed by atoms with E-state index in [0.29, 0.717) is 11.4 Å². The highest BCUT2D eigenvalue weighted by molar-refractivity contribution is 6.34. The van der Waals surface area contributed by atoms with Gasteiger partial charge in [0.15, 0.2) is 0 Å². The molecule has 0 aliphatic heterocycles. The van der Waals surface area contributed by atoms with E-state index in [1.54, 1.807) is 0 Å². The van der Waals surface area contributed by atoms with E-state index in [-0.39, 0.29) is 0 Å². The molecule has 0 saturated heterocycles. The van der Waals surface area contributed by atoms with Crippen molar-refractivity contribution >= 4 is 76.8 Å². The van der Waals surface area contributed by atoms with Crippen LogP contribution in [0.15, 0.2) is 60.9 Å². The van der Waals surface area contributed by atoms with Crippen molar-refractivity contribution in [2.75, 3.05) is 11.5 Å². The Morgan fingerprint density at radius 2 is 0.933 bits per heavy atom. The molecule has 0 amide bonds. The molecule has 0 aliphatic rings. The number of fused-ring (bicyclic) bond motifs is 6. The Hall–Kier alpha value is -4.32. The first kappa shape index (κ1) is 15.6. The molecule has 6 nitrogen and oxygen atoms in total. The van der Waals surface area contributed by atoms with Crippen LogP contribution < -0.4 is 11.5 Å². The summed E-state index contributed by atoms with van der Waals surface area (Å²) >= 11 is 0. The monoisotopic (exact) mass is 386 g/mol. The molecule has 3 aromatic carbocycles. The quantitative estimate of drug-likeness (QED) is 0.221. The molecule has 0 spiro atoms. The zero-order valence-electron chi connectivity index (χ0n) is 15.7. The fourth-order valence-electron chi connectivity index (χ4n) is 4.70. The van der Waals surface area contributed by atoms with Crippen LogP contribution >= 0.6 is 0 Å². The highest BCUT2D eigenvalue weighted by Gasteiger charge is 2.20. The molecule has 0 radical (unpaired) electrons. The number of rotatable bonds is 0. The van der Waals surface area contributed by atoms with Crippen LogP contribution in [0.5, 0.6) is 0 Å². The molecule has 140 valence electrons. The molecular formula is C24H14N6. The highest BCUT2D eigenvalue weighted by Crippen LogP contribution is 2.41. The Kier molecular flexibility index (Phi) is 2.69. The molecule has 4 heterocycles. The van der Waals surface area contributed by atoms with Gasteiger partial charge in [-0.25, -0.2) is 9.97 Å². The fourth-order valence-corrected chi connectivity index (χ4v) is 4.70. The molecule has 4 aromatic heterocycles. The fraction of sp³-hybridized carbons (Fsp3) is 0. The van der Waals surface area contributed by atoms with E-state index in [4.69, 9.17) is 31.4 Å². The third kappa shape index (κ3) is 1.74. The maximum Gasteiger partial charge on any atom is 0.100 e. The second-order valence-corrected chi connectivity index (χ2v) is 7.57. The van der Waals surface area contributed by atoms with E-state index < -0.39 is 0 Å². The lowest BCUT2D eigenvalue weighted by molar-refractivity contribution is 1.38. The van der Waals surface area contributed by atoms with E-state index in [0.717, 1.165) is 65.4 Å². The molecular weight excluding hydrogens is 372 g/mol. The average Bonchev–Trinajstić information content (AvgIpc) is 2.78. The van der Waals surface area contributed by atoms with Crippen molar-refractivity contribution < 1.29 is 0 Å². The molecule has 30 heavy (non-hydrogen) atoms. The number of aromatic nitrogens is 4. The summed E-state index contributed by atoms with van der Waals surface area (Å²) in [5, 5.41) is 5.97. The van der Waals surface area contributed by atoms with Crippen LogP contribution in [0.3, 0.4) is 0 Å². The van der Waals surface area contributed by atoms with Gasteiger partial charge in [0.2, 0.25) is 0 Å². The van der Waals surface area contributed by atoms with Gasteiger partial charge >= 0.3 is 0 Å². The largest absolute Gasteiger partial charge is 0.397 e. The highest BCUT2D eigenvalue weighted by atomic mass is 14.8. The van der Waals surface area contributed by atoms with E-state index in [1.165, 1.54) is 0 Å². The summed E-state index contributed by atoms with van der Waals surface area (Å²) < 4.78 is 0. The van der Waals surface area contributed by atoms with Crippen LogP contribution in [0, 0.1) is 0 Å². The van der Waals surface area contributed by atoms with Crippen molar-refractivity contribution in [1.82, 2.24) is 19.9 Å². The van der Waals surface area contributed by atoms with Gasteiger partial charge < -0.3 is 11.5 Å². The van der Waals surface area contributed by atoms with Gasteiger partial charge in [-0.3, -0.25) is 9.97 Å². The Bertz CT molecular complexity index is 1690. The maximum atomic E-state index is 6.30. The molecule has 7 aromatic rings. The van der Waals surface area contributed by atoms with Crippen LogP contribution in [0.25, 0.3) is 65.4 Å². The molecule has 0 unspecified atom stereocenters. The zero-order chi connectivity index (χ0) is 20.0. The third-order valence-corrected chi connectivity index (χ3v) is 5.99. The summed E-state index contributed by atoms with van der Waals surface area (Å²) in [5.41, 5.74) is 18.6. The van der Waals surface area contributed by atoms with Crippen molar-refractivity contribution in [2.45, 2.75) is 0 Å².